The van der Waals surface area contributed by atoms with Crippen LogP contribution in [0.3, 0.4) is 0 Å². The van der Waals surface area contributed by atoms with Gasteiger partial charge in [0.15, 0.2) is 0 Å². The average Bonchev–Trinajstić information content (AvgIpc) is 2.28. The Morgan fingerprint density at radius 3 is 2.06 bits per heavy atom. The number of carbonyl (C=O) groups excluding carboxylic acids is 1. The summed E-state index contributed by atoms with van der Waals surface area (Å²) in [5.41, 5.74) is 0. The van der Waals surface area contributed by atoms with Gasteiger partial charge in [0, 0.05) is 46.7 Å². The zero-order chi connectivity index (χ0) is 12.3. The maximum absolute atomic E-state index is 11.8. The summed E-state index contributed by atoms with van der Waals surface area (Å²) in [6.07, 6.45) is 0.473. The third-order valence-electron chi connectivity index (χ3n) is 2.68. The molecule has 16 heavy (non-hydrogen) atoms. The monoisotopic (exact) mass is 249 g/mol. The summed E-state index contributed by atoms with van der Waals surface area (Å²) in [6, 6.07) is 0. The second-order valence-corrected chi connectivity index (χ2v) is 6.07. The predicted octanol–water partition coefficient (Wildman–Crippen LogP) is -0.653. The van der Waals surface area contributed by atoms with Crippen molar-refractivity contribution in [3.63, 3.8) is 0 Å². The average molecular weight is 249 g/mol. The fourth-order valence-corrected chi connectivity index (χ4v) is 2.71. The maximum atomic E-state index is 11.8. The van der Waals surface area contributed by atoms with Crippen molar-refractivity contribution < 1.29 is 13.2 Å². The number of piperazine rings is 1. The van der Waals surface area contributed by atoms with Gasteiger partial charge in [0.05, 0.1) is 0 Å². The first-order valence-corrected chi connectivity index (χ1v) is 6.74. The van der Waals surface area contributed by atoms with Gasteiger partial charge in [0.25, 0.3) is 10.2 Å². The first-order valence-electron chi connectivity index (χ1n) is 5.35. The van der Waals surface area contributed by atoms with Crippen molar-refractivity contribution in [3.8, 4) is 0 Å². The third kappa shape index (κ3) is 2.72. The molecule has 0 saturated carbocycles. The van der Waals surface area contributed by atoms with Crippen molar-refractivity contribution in [1.29, 1.82) is 0 Å². The summed E-state index contributed by atoms with van der Waals surface area (Å²) in [5, 5.41) is 0. The highest BCUT2D eigenvalue weighted by Gasteiger charge is 2.29. The Morgan fingerprint density at radius 1 is 1.19 bits per heavy atom. The molecule has 1 aliphatic rings. The quantitative estimate of drug-likeness (QED) is 0.667. The van der Waals surface area contributed by atoms with Crippen LogP contribution in [-0.4, -0.2) is 68.1 Å². The van der Waals surface area contributed by atoms with E-state index in [1.807, 2.05) is 6.92 Å². The minimum atomic E-state index is -3.33. The van der Waals surface area contributed by atoms with Crippen molar-refractivity contribution >= 4 is 16.1 Å². The van der Waals surface area contributed by atoms with E-state index < -0.39 is 10.2 Å². The highest BCUT2D eigenvalue weighted by atomic mass is 32.2. The van der Waals surface area contributed by atoms with Gasteiger partial charge in [0.2, 0.25) is 5.91 Å². The third-order valence-corrected chi connectivity index (χ3v) is 4.62. The van der Waals surface area contributed by atoms with Crippen LogP contribution in [0.15, 0.2) is 0 Å². The van der Waals surface area contributed by atoms with Gasteiger partial charge in [-0.05, 0) is 0 Å². The number of carbonyl (C=O) groups is 1. The molecule has 0 aliphatic carbocycles. The second-order valence-electron chi connectivity index (χ2n) is 3.92. The summed E-state index contributed by atoms with van der Waals surface area (Å²) in [7, 11) is -0.302. The summed E-state index contributed by atoms with van der Waals surface area (Å²) in [4.78, 5) is 13.1. The molecule has 1 rings (SSSR count). The highest BCUT2D eigenvalue weighted by Crippen LogP contribution is 2.10. The van der Waals surface area contributed by atoms with Crippen LogP contribution < -0.4 is 0 Å². The molecular weight excluding hydrogens is 230 g/mol. The SMILES string of the molecule is CCC(=O)N1CCN(S(=O)(=O)N(C)C)CC1. The van der Waals surface area contributed by atoms with E-state index in [0.717, 1.165) is 0 Å². The zero-order valence-electron chi connectivity index (χ0n) is 10.0. The Bertz CT molecular complexity index is 345. The van der Waals surface area contributed by atoms with Gasteiger partial charge in [0.1, 0.15) is 0 Å². The largest absolute Gasteiger partial charge is 0.340 e. The van der Waals surface area contributed by atoms with Gasteiger partial charge in [-0.15, -0.1) is 0 Å². The molecule has 7 heteroatoms. The lowest BCUT2D eigenvalue weighted by atomic mass is 10.3. The Hall–Kier alpha value is -0.660. The molecule has 0 unspecified atom stereocenters. The van der Waals surface area contributed by atoms with Crippen LogP contribution in [-0.2, 0) is 15.0 Å². The van der Waals surface area contributed by atoms with Gasteiger partial charge in [-0.25, -0.2) is 0 Å². The lowest BCUT2D eigenvalue weighted by molar-refractivity contribution is -0.132. The van der Waals surface area contributed by atoms with E-state index in [9.17, 15) is 13.2 Å². The fourth-order valence-electron chi connectivity index (χ4n) is 1.62. The van der Waals surface area contributed by atoms with Crippen molar-refractivity contribution in [1.82, 2.24) is 13.5 Å². The van der Waals surface area contributed by atoms with E-state index in [0.29, 0.717) is 32.6 Å². The van der Waals surface area contributed by atoms with E-state index in [2.05, 4.69) is 0 Å². The molecule has 0 bridgehead atoms. The molecule has 1 heterocycles. The summed E-state index contributed by atoms with van der Waals surface area (Å²) >= 11 is 0. The molecule has 0 atom stereocenters. The number of nitrogens with zero attached hydrogens (tertiary/aromatic N) is 3. The highest BCUT2D eigenvalue weighted by molar-refractivity contribution is 7.86. The van der Waals surface area contributed by atoms with Crippen LogP contribution in [0.1, 0.15) is 13.3 Å². The molecule has 0 aromatic rings. The van der Waals surface area contributed by atoms with Gasteiger partial charge in [-0.1, -0.05) is 6.92 Å². The van der Waals surface area contributed by atoms with Crippen LogP contribution in [0.4, 0.5) is 0 Å². The van der Waals surface area contributed by atoms with Crippen LogP contribution >= 0.6 is 0 Å². The predicted molar refractivity (Wildman–Crippen MR) is 61.1 cm³/mol. The Morgan fingerprint density at radius 2 is 1.69 bits per heavy atom. The van der Waals surface area contributed by atoms with E-state index >= 15 is 0 Å². The smallest absolute Gasteiger partial charge is 0.281 e. The Labute approximate surface area is 97.0 Å². The second kappa shape index (κ2) is 5.11. The van der Waals surface area contributed by atoms with Crippen molar-refractivity contribution in [3.05, 3.63) is 0 Å². The molecular formula is C9H19N3O3S. The van der Waals surface area contributed by atoms with Crippen LogP contribution in [0.2, 0.25) is 0 Å². The lowest BCUT2D eigenvalue weighted by Gasteiger charge is -2.35. The minimum Gasteiger partial charge on any atom is -0.340 e. The molecule has 6 nitrogen and oxygen atoms in total. The van der Waals surface area contributed by atoms with Crippen molar-refractivity contribution in [2.45, 2.75) is 13.3 Å². The number of hydrogen-bond acceptors (Lipinski definition) is 3. The van der Waals surface area contributed by atoms with Crippen LogP contribution in [0.25, 0.3) is 0 Å². The zero-order valence-corrected chi connectivity index (χ0v) is 10.8. The molecule has 0 spiro atoms. The van der Waals surface area contributed by atoms with E-state index in [-0.39, 0.29) is 5.91 Å². The van der Waals surface area contributed by atoms with Crippen LogP contribution in [0.5, 0.6) is 0 Å². The number of rotatable bonds is 3. The van der Waals surface area contributed by atoms with Gasteiger partial charge >= 0.3 is 0 Å². The molecule has 0 radical (unpaired) electrons. The molecule has 1 saturated heterocycles. The van der Waals surface area contributed by atoms with Gasteiger partial charge in [-0.2, -0.15) is 17.0 Å². The standard InChI is InChI=1S/C9H19N3O3S/c1-4-9(13)11-5-7-12(8-6-11)16(14,15)10(2)3/h4-8H2,1-3H3. The first kappa shape index (κ1) is 13.4. The molecule has 1 fully saturated rings. The first-order chi connectivity index (χ1) is 7.39. The molecule has 1 amide bonds. The maximum Gasteiger partial charge on any atom is 0.281 e. The molecule has 1 aliphatic heterocycles. The molecule has 0 aromatic carbocycles. The Balaban J connectivity index is 2.59. The van der Waals surface area contributed by atoms with Gasteiger partial charge < -0.3 is 4.90 Å². The van der Waals surface area contributed by atoms with Crippen molar-refractivity contribution in [2.24, 2.45) is 0 Å². The van der Waals surface area contributed by atoms with Crippen LogP contribution in [0, 0.1) is 0 Å². The van der Waals surface area contributed by atoms with E-state index in [1.54, 1.807) is 4.90 Å². The number of amides is 1. The summed E-state index contributed by atoms with van der Waals surface area (Å²) < 4.78 is 26.2. The summed E-state index contributed by atoms with van der Waals surface area (Å²) in [5.74, 6) is 0.0851. The number of hydrogen-bond donors (Lipinski definition) is 0. The normalized spacial score (nSPS) is 19.1. The topological polar surface area (TPSA) is 60.9 Å². The van der Waals surface area contributed by atoms with E-state index in [1.165, 1.54) is 22.7 Å². The van der Waals surface area contributed by atoms with Crippen molar-refractivity contribution in [2.75, 3.05) is 40.3 Å². The fraction of sp³-hybridized carbons (Fsp3) is 0.889. The molecule has 0 N–H and O–H groups in total. The van der Waals surface area contributed by atoms with E-state index in [4.69, 9.17) is 0 Å². The Kier molecular flexibility index (Phi) is 4.28. The van der Waals surface area contributed by atoms with Gasteiger partial charge in [-0.3, -0.25) is 4.79 Å². The molecule has 94 valence electrons. The lowest BCUT2D eigenvalue weighted by Crippen LogP contribution is -2.52. The molecule has 0 aromatic heterocycles. The summed E-state index contributed by atoms with van der Waals surface area (Å²) in [6.45, 7) is 3.54. The minimum absolute atomic E-state index is 0.0851.